The van der Waals surface area contributed by atoms with Crippen molar-refractivity contribution in [1.82, 2.24) is 20.9 Å². The number of guanidine groups is 1. The number of carboxylic acid groups (broad SMARTS) is 1. The Morgan fingerprint density at radius 1 is 1.05 bits per heavy atom. The molecule has 0 spiro atoms. The second-order valence-corrected chi connectivity index (χ2v) is 8.86. The van der Waals surface area contributed by atoms with Gasteiger partial charge in [0.05, 0.1) is 6.04 Å². The number of nitrogens with zero attached hydrogens (tertiary/aromatic N) is 1. The summed E-state index contributed by atoms with van der Waals surface area (Å²) in [7, 11) is 0. The van der Waals surface area contributed by atoms with Crippen molar-refractivity contribution in [2.24, 2.45) is 22.2 Å². The lowest BCUT2D eigenvalue weighted by Gasteiger charge is -2.24. The molecule has 3 amide bonds. The number of aromatic nitrogens is 1. The molecule has 1 aromatic carbocycles. The monoisotopic (exact) mass is 534 g/mol. The molecule has 0 fully saturated rings. The van der Waals surface area contributed by atoms with Gasteiger partial charge in [-0.1, -0.05) is 18.2 Å². The highest BCUT2D eigenvalue weighted by Gasteiger charge is 2.29. The number of carbonyl (C=O) groups is 4. The van der Waals surface area contributed by atoms with Crippen molar-refractivity contribution in [1.29, 1.82) is 0 Å². The van der Waals surface area contributed by atoms with Crippen molar-refractivity contribution in [3.8, 4) is 0 Å². The summed E-state index contributed by atoms with van der Waals surface area (Å²) in [6, 6.07) is 3.30. The van der Waals surface area contributed by atoms with Gasteiger partial charge < -0.3 is 43.2 Å². The summed E-state index contributed by atoms with van der Waals surface area (Å²) >= 11 is 4.08. The summed E-state index contributed by atoms with van der Waals surface area (Å²) in [5.74, 6) is -3.37. The molecule has 1 aromatic heterocycles. The van der Waals surface area contributed by atoms with Crippen LogP contribution in [-0.4, -0.2) is 76.2 Å². The zero-order chi connectivity index (χ0) is 27.5. The van der Waals surface area contributed by atoms with Crippen molar-refractivity contribution in [3.63, 3.8) is 0 Å². The van der Waals surface area contributed by atoms with Crippen LogP contribution in [0.1, 0.15) is 25.3 Å². The summed E-state index contributed by atoms with van der Waals surface area (Å²) in [4.78, 5) is 56.4. The number of aliphatic imine (C=N–C) groups is 1. The third-order valence-electron chi connectivity index (χ3n) is 5.57. The third-order valence-corrected chi connectivity index (χ3v) is 5.94. The van der Waals surface area contributed by atoms with E-state index >= 15 is 0 Å². The van der Waals surface area contributed by atoms with Gasteiger partial charge in [-0.15, -0.1) is 0 Å². The van der Waals surface area contributed by atoms with Crippen LogP contribution in [0.15, 0.2) is 35.5 Å². The van der Waals surface area contributed by atoms with Gasteiger partial charge in [-0.3, -0.25) is 24.2 Å². The van der Waals surface area contributed by atoms with E-state index in [0.29, 0.717) is 6.42 Å². The number of rotatable bonds is 14. The topological polar surface area (TPSA) is 231 Å². The third kappa shape index (κ3) is 8.99. The molecule has 0 bridgehead atoms. The molecular formula is C23H34N8O5S. The molecule has 14 heteroatoms. The fraction of sp³-hybridized carbons (Fsp3) is 0.435. The quantitative estimate of drug-likeness (QED) is 0.0602. The van der Waals surface area contributed by atoms with Gasteiger partial charge in [0.2, 0.25) is 17.7 Å². The SMILES string of the molecule is CC(NC(=O)C(CS)NC(=O)C(CCCN=C(N)N)NC(=O)C(N)Cc1c[nH]c2ccccc12)C(=O)O. The van der Waals surface area contributed by atoms with E-state index in [1.54, 1.807) is 6.20 Å². The Hall–Kier alpha value is -3.78. The first-order chi connectivity index (χ1) is 17.5. The summed E-state index contributed by atoms with van der Waals surface area (Å²) in [5.41, 5.74) is 18.6. The van der Waals surface area contributed by atoms with Crippen molar-refractivity contribution in [2.45, 2.75) is 50.4 Å². The van der Waals surface area contributed by atoms with Crippen molar-refractivity contribution in [3.05, 3.63) is 36.0 Å². The number of benzene rings is 1. The molecule has 4 atom stereocenters. The minimum absolute atomic E-state index is 0.0986. The Kier molecular flexibility index (Phi) is 11.2. The van der Waals surface area contributed by atoms with Crippen LogP contribution in [0.3, 0.4) is 0 Å². The Bertz CT molecular complexity index is 1130. The van der Waals surface area contributed by atoms with Crippen molar-refractivity contribution >= 4 is 53.2 Å². The molecule has 2 aromatic rings. The number of aliphatic carboxylic acids is 1. The summed E-state index contributed by atoms with van der Waals surface area (Å²) in [6.07, 6.45) is 2.51. The van der Waals surface area contributed by atoms with Gasteiger partial charge in [0.25, 0.3) is 0 Å². The van der Waals surface area contributed by atoms with Gasteiger partial charge in [0.1, 0.15) is 18.1 Å². The van der Waals surface area contributed by atoms with Gasteiger partial charge in [0.15, 0.2) is 5.96 Å². The predicted octanol–water partition coefficient (Wildman–Crippen LogP) is -1.42. The van der Waals surface area contributed by atoms with Crippen LogP contribution in [-0.2, 0) is 25.6 Å². The first-order valence-electron chi connectivity index (χ1n) is 11.6. The Morgan fingerprint density at radius 3 is 2.35 bits per heavy atom. The molecule has 2 rings (SSSR count). The smallest absolute Gasteiger partial charge is 0.325 e. The molecule has 0 saturated carbocycles. The highest BCUT2D eigenvalue weighted by molar-refractivity contribution is 7.80. The fourth-order valence-corrected chi connectivity index (χ4v) is 3.78. The summed E-state index contributed by atoms with van der Waals surface area (Å²) in [5, 5.41) is 17.4. The highest BCUT2D eigenvalue weighted by atomic mass is 32.1. The second-order valence-electron chi connectivity index (χ2n) is 8.49. The van der Waals surface area contributed by atoms with Gasteiger partial charge in [-0.05, 0) is 37.8 Å². The normalized spacial score (nSPS) is 14.1. The number of amides is 3. The van der Waals surface area contributed by atoms with Crippen LogP contribution in [0, 0.1) is 0 Å². The number of para-hydroxylation sites is 1. The summed E-state index contributed by atoms with van der Waals surface area (Å²) < 4.78 is 0. The molecule has 202 valence electrons. The molecule has 0 aliphatic rings. The molecule has 37 heavy (non-hydrogen) atoms. The lowest BCUT2D eigenvalue weighted by Crippen LogP contribution is -2.57. The van der Waals surface area contributed by atoms with E-state index in [1.807, 2.05) is 24.3 Å². The lowest BCUT2D eigenvalue weighted by molar-refractivity contribution is -0.141. The fourth-order valence-electron chi connectivity index (χ4n) is 3.52. The second kappa shape index (κ2) is 14.1. The van der Waals surface area contributed by atoms with Crippen LogP contribution in [0.25, 0.3) is 10.9 Å². The largest absolute Gasteiger partial charge is 0.480 e. The zero-order valence-corrected chi connectivity index (χ0v) is 21.3. The van der Waals surface area contributed by atoms with E-state index in [1.165, 1.54) is 6.92 Å². The Labute approximate surface area is 219 Å². The number of nitrogens with two attached hydrogens (primary N) is 3. The molecular weight excluding hydrogens is 500 g/mol. The van der Waals surface area contributed by atoms with E-state index in [2.05, 4.69) is 38.6 Å². The average molecular weight is 535 g/mol. The Morgan fingerprint density at radius 2 is 1.70 bits per heavy atom. The lowest BCUT2D eigenvalue weighted by atomic mass is 10.0. The van der Waals surface area contributed by atoms with Crippen molar-refractivity contribution in [2.75, 3.05) is 12.3 Å². The van der Waals surface area contributed by atoms with Crippen LogP contribution in [0.5, 0.6) is 0 Å². The number of hydrogen-bond acceptors (Lipinski definition) is 7. The maximum absolute atomic E-state index is 13.0. The van der Waals surface area contributed by atoms with E-state index in [4.69, 9.17) is 22.3 Å². The van der Waals surface area contributed by atoms with E-state index < -0.39 is 47.9 Å². The standard InChI is InChI=1S/C23H34N8O5S/c1-12(22(35)36)29-21(34)18(11-37)31-20(33)17(7-4-8-27-23(25)26)30-19(32)15(24)9-13-10-28-16-6-3-2-5-14(13)16/h2-3,5-6,10,12,15,17-18,28,37H,4,7-9,11,24H2,1H3,(H,29,34)(H,30,32)(H,31,33)(H,35,36)(H4,25,26,27). The van der Waals surface area contributed by atoms with Gasteiger partial charge in [-0.2, -0.15) is 12.6 Å². The summed E-state index contributed by atoms with van der Waals surface area (Å²) in [6.45, 7) is 1.51. The minimum atomic E-state index is -1.23. The maximum Gasteiger partial charge on any atom is 0.325 e. The molecule has 11 N–H and O–H groups in total. The number of carboxylic acids is 1. The van der Waals surface area contributed by atoms with E-state index in [9.17, 15) is 19.2 Å². The molecule has 0 saturated heterocycles. The van der Waals surface area contributed by atoms with Crippen molar-refractivity contribution < 1.29 is 24.3 Å². The average Bonchev–Trinajstić information content (AvgIpc) is 3.26. The molecule has 4 unspecified atom stereocenters. The number of fused-ring (bicyclic) bond motifs is 1. The first kappa shape index (κ1) is 29.5. The highest BCUT2D eigenvalue weighted by Crippen LogP contribution is 2.18. The number of hydrogen-bond donors (Lipinski definition) is 9. The zero-order valence-electron chi connectivity index (χ0n) is 20.4. The number of aromatic amines is 1. The van der Waals surface area contributed by atoms with Gasteiger partial charge >= 0.3 is 5.97 Å². The molecule has 0 aliphatic carbocycles. The number of nitrogens with one attached hydrogen (secondary N) is 4. The predicted molar refractivity (Wildman–Crippen MR) is 143 cm³/mol. The number of carbonyl (C=O) groups excluding carboxylic acids is 3. The van der Waals surface area contributed by atoms with Crippen LogP contribution >= 0.6 is 12.6 Å². The molecule has 13 nitrogen and oxygen atoms in total. The number of thiol groups is 1. The molecule has 1 heterocycles. The minimum Gasteiger partial charge on any atom is -0.480 e. The number of H-pyrrole nitrogens is 1. The molecule has 0 aliphatic heterocycles. The first-order valence-corrected chi connectivity index (χ1v) is 12.3. The van der Waals surface area contributed by atoms with Gasteiger partial charge in [-0.25, -0.2) is 0 Å². The van der Waals surface area contributed by atoms with E-state index in [0.717, 1.165) is 16.5 Å². The maximum atomic E-state index is 13.0. The Balaban J connectivity index is 2.09. The molecule has 0 radical (unpaired) electrons. The van der Waals surface area contributed by atoms with Gasteiger partial charge in [0, 0.05) is 29.4 Å². The van der Waals surface area contributed by atoms with Crippen LogP contribution < -0.4 is 33.2 Å². The van der Waals surface area contributed by atoms with Crippen LogP contribution in [0.4, 0.5) is 0 Å². The van der Waals surface area contributed by atoms with Crippen LogP contribution in [0.2, 0.25) is 0 Å². The van der Waals surface area contributed by atoms with E-state index in [-0.39, 0.29) is 31.1 Å².